The van der Waals surface area contributed by atoms with Crippen molar-refractivity contribution in [2.24, 2.45) is 5.73 Å². The van der Waals surface area contributed by atoms with Crippen LogP contribution >= 0.6 is 0 Å². The molecule has 0 saturated heterocycles. The zero-order chi connectivity index (χ0) is 9.14. The van der Waals surface area contributed by atoms with Crippen molar-refractivity contribution in [3.63, 3.8) is 0 Å². The van der Waals surface area contributed by atoms with Crippen molar-refractivity contribution in [3.8, 4) is 5.75 Å². The molecule has 3 N–H and O–H groups in total. The predicted octanol–water partition coefficient (Wildman–Crippen LogP) is 1.29. The highest BCUT2D eigenvalue weighted by atomic mass is 16.5. The molecule has 0 fully saturated rings. The maximum Gasteiger partial charge on any atom is 0.130 e. The first kappa shape index (κ1) is 8.59. The number of nitrogens with two attached hydrogens (primary N) is 1. The summed E-state index contributed by atoms with van der Waals surface area (Å²) in [5.41, 5.74) is 7.08. The number of ether oxygens (including phenoxy) is 1. The summed E-state index contributed by atoms with van der Waals surface area (Å²) >= 11 is 0. The van der Waals surface area contributed by atoms with E-state index in [2.05, 4.69) is 0 Å². The van der Waals surface area contributed by atoms with Crippen LogP contribution < -0.4 is 10.5 Å². The summed E-state index contributed by atoms with van der Waals surface area (Å²) in [7, 11) is 1.57. The van der Waals surface area contributed by atoms with Gasteiger partial charge >= 0.3 is 0 Å². The van der Waals surface area contributed by atoms with E-state index in [-0.39, 0.29) is 5.84 Å². The number of aryl methyl sites for hydroxylation is 1. The lowest BCUT2D eigenvalue weighted by Gasteiger charge is -2.06. The van der Waals surface area contributed by atoms with E-state index in [9.17, 15) is 0 Å². The normalized spacial score (nSPS) is 9.50. The number of nitrogens with one attached hydrogen (secondary N) is 1. The second-order valence-corrected chi connectivity index (χ2v) is 2.62. The number of amidine groups is 1. The van der Waals surface area contributed by atoms with E-state index in [1.54, 1.807) is 13.2 Å². The lowest BCUT2D eigenvalue weighted by molar-refractivity contribution is 0.413. The van der Waals surface area contributed by atoms with Crippen molar-refractivity contribution >= 4 is 5.84 Å². The molecule has 0 aliphatic rings. The van der Waals surface area contributed by atoms with Gasteiger partial charge in [0.1, 0.15) is 11.6 Å². The molecule has 0 amide bonds. The fourth-order valence-electron chi connectivity index (χ4n) is 1.02. The van der Waals surface area contributed by atoms with Gasteiger partial charge in [-0.1, -0.05) is 6.07 Å². The van der Waals surface area contributed by atoms with Crippen molar-refractivity contribution in [2.75, 3.05) is 7.11 Å². The first-order valence-electron chi connectivity index (χ1n) is 3.64. The van der Waals surface area contributed by atoms with E-state index >= 15 is 0 Å². The fraction of sp³-hybridized carbons (Fsp3) is 0.222. The van der Waals surface area contributed by atoms with Gasteiger partial charge in [0.25, 0.3) is 0 Å². The van der Waals surface area contributed by atoms with Crippen molar-refractivity contribution in [1.82, 2.24) is 0 Å². The van der Waals surface area contributed by atoms with Crippen LogP contribution in [-0.4, -0.2) is 12.9 Å². The third kappa shape index (κ3) is 1.56. The fourth-order valence-corrected chi connectivity index (χ4v) is 1.02. The van der Waals surface area contributed by atoms with Gasteiger partial charge in [0.15, 0.2) is 0 Å². The van der Waals surface area contributed by atoms with Crippen LogP contribution in [0.25, 0.3) is 0 Å². The Balaban J connectivity index is 3.20. The molecule has 0 radical (unpaired) electrons. The van der Waals surface area contributed by atoms with Crippen molar-refractivity contribution < 1.29 is 4.74 Å². The highest BCUT2D eigenvalue weighted by Gasteiger charge is 2.04. The van der Waals surface area contributed by atoms with Crippen molar-refractivity contribution in [2.45, 2.75) is 6.92 Å². The molecule has 3 nitrogen and oxygen atoms in total. The Labute approximate surface area is 71.7 Å². The third-order valence-electron chi connectivity index (χ3n) is 1.65. The maximum absolute atomic E-state index is 7.25. The molecule has 0 unspecified atom stereocenters. The molecule has 3 heteroatoms. The predicted molar refractivity (Wildman–Crippen MR) is 48.7 cm³/mol. The Bertz CT molecular complexity index is 307. The molecule has 1 aromatic rings. The van der Waals surface area contributed by atoms with Gasteiger partial charge in [-0.25, -0.2) is 0 Å². The lowest BCUT2D eigenvalue weighted by atomic mass is 10.1. The first-order chi connectivity index (χ1) is 5.65. The van der Waals surface area contributed by atoms with Gasteiger partial charge in [-0.05, 0) is 24.6 Å². The molecule has 0 aromatic heterocycles. The minimum absolute atomic E-state index is 0.0341. The largest absolute Gasteiger partial charge is 0.496 e. The average molecular weight is 164 g/mol. The highest BCUT2D eigenvalue weighted by Crippen LogP contribution is 2.18. The zero-order valence-corrected chi connectivity index (χ0v) is 7.22. The average Bonchev–Trinajstić information content (AvgIpc) is 2.03. The molecule has 64 valence electrons. The topological polar surface area (TPSA) is 59.1 Å². The molecule has 0 atom stereocenters. The Hall–Kier alpha value is -1.51. The van der Waals surface area contributed by atoms with Crippen molar-refractivity contribution in [3.05, 3.63) is 29.3 Å². The van der Waals surface area contributed by atoms with Crippen LogP contribution in [-0.2, 0) is 0 Å². The number of nitrogen functional groups attached to an aromatic ring is 1. The Kier molecular flexibility index (Phi) is 2.33. The van der Waals surface area contributed by atoms with Crippen LogP contribution in [0.1, 0.15) is 11.1 Å². The van der Waals surface area contributed by atoms with Crippen LogP contribution in [0, 0.1) is 12.3 Å². The zero-order valence-electron chi connectivity index (χ0n) is 7.22. The van der Waals surface area contributed by atoms with Gasteiger partial charge in [-0.3, -0.25) is 5.41 Å². The monoisotopic (exact) mass is 164 g/mol. The molecule has 0 heterocycles. The minimum Gasteiger partial charge on any atom is -0.496 e. The Morgan fingerprint density at radius 1 is 1.50 bits per heavy atom. The molecule has 0 spiro atoms. The van der Waals surface area contributed by atoms with E-state index in [0.717, 1.165) is 5.56 Å². The number of methoxy groups -OCH3 is 1. The summed E-state index contributed by atoms with van der Waals surface area (Å²) in [5, 5.41) is 7.25. The lowest BCUT2D eigenvalue weighted by Crippen LogP contribution is -2.12. The minimum atomic E-state index is 0.0341. The number of hydrogen-bond acceptors (Lipinski definition) is 2. The quantitative estimate of drug-likeness (QED) is 0.511. The highest BCUT2D eigenvalue weighted by molar-refractivity contribution is 5.97. The van der Waals surface area contributed by atoms with Gasteiger partial charge in [0, 0.05) is 0 Å². The van der Waals surface area contributed by atoms with Crippen LogP contribution in [0.15, 0.2) is 18.2 Å². The van der Waals surface area contributed by atoms with E-state index in [4.69, 9.17) is 15.9 Å². The van der Waals surface area contributed by atoms with Gasteiger partial charge in [0.2, 0.25) is 0 Å². The molecular formula is C9H12N2O. The standard InChI is InChI=1S/C9H12N2O/c1-6-3-4-7(9(10)11)8(5-6)12-2/h3-5H,1-2H3,(H3,10,11). The number of benzene rings is 1. The van der Waals surface area contributed by atoms with Gasteiger partial charge < -0.3 is 10.5 Å². The first-order valence-corrected chi connectivity index (χ1v) is 3.64. The van der Waals surface area contributed by atoms with E-state index in [1.807, 2.05) is 19.1 Å². The summed E-state index contributed by atoms with van der Waals surface area (Å²) in [6, 6.07) is 5.55. The Morgan fingerprint density at radius 3 is 2.67 bits per heavy atom. The summed E-state index contributed by atoms with van der Waals surface area (Å²) in [5.74, 6) is 0.689. The van der Waals surface area contributed by atoms with Gasteiger partial charge in [-0.2, -0.15) is 0 Å². The van der Waals surface area contributed by atoms with Crippen LogP contribution in [0.3, 0.4) is 0 Å². The summed E-state index contributed by atoms with van der Waals surface area (Å²) in [6.07, 6.45) is 0. The molecular weight excluding hydrogens is 152 g/mol. The molecule has 12 heavy (non-hydrogen) atoms. The summed E-state index contributed by atoms with van der Waals surface area (Å²) in [6.45, 7) is 1.96. The molecule has 0 saturated carbocycles. The van der Waals surface area contributed by atoms with Crippen LogP contribution in [0.4, 0.5) is 0 Å². The van der Waals surface area contributed by atoms with E-state index < -0.39 is 0 Å². The second kappa shape index (κ2) is 3.26. The van der Waals surface area contributed by atoms with E-state index in [1.165, 1.54) is 0 Å². The molecule has 0 aliphatic carbocycles. The molecule has 0 aliphatic heterocycles. The summed E-state index contributed by atoms with van der Waals surface area (Å²) < 4.78 is 5.07. The number of hydrogen-bond donors (Lipinski definition) is 2. The third-order valence-corrected chi connectivity index (χ3v) is 1.65. The van der Waals surface area contributed by atoms with E-state index in [0.29, 0.717) is 11.3 Å². The molecule has 1 aromatic carbocycles. The summed E-state index contributed by atoms with van der Waals surface area (Å²) in [4.78, 5) is 0. The smallest absolute Gasteiger partial charge is 0.130 e. The van der Waals surface area contributed by atoms with Crippen molar-refractivity contribution in [1.29, 1.82) is 5.41 Å². The van der Waals surface area contributed by atoms with Crippen LogP contribution in [0.2, 0.25) is 0 Å². The van der Waals surface area contributed by atoms with Gasteiger partial charge in [-0.15, -0.1) is 0 Å². The maximum atomic E-state index is 7.25. The molecule has 0 bridgehead atoms. The van der Waals surface area contributed by atoms with Crippen LogP contribution in [0.5, 0.6) is 5.75 Å². The Morgan fingerprint density at radius 2 is 2.17 bits per heavy atom. The SMILES string of the molecule is COc1cc(C)ccc1C(=N)N. The molecule has 1 rings (SSSR count). The van der Waals surface area contributed by atoms with Gasteiger partial charge in [0.05, 0.1) is 12.7 Å². The number of rotatable bonds is 2. The second-order valence-electron chi connectivity index (χ2n) is 2.62.